The molecule has 0 spiro atoms. The summed E-state index contributed by atoms with van der Waals surface area (Å²) in [6, 6.07) is 10.7. The minimum absolute atomic E-state index is 0.173. The monoisotopic (exact) mass is 670 g/mol. The van der Waals surface area contributed by atoms with E-state index in [-0.39, 0.29) is 34.8 Å². The molecule has 0 N–H and O–H groups in total. The van der Waals surface area contributed by atoms with Gasteiger partial charge in [-0.05, 0) is 49.9 Å². The highest BCUT2D eigenvalue weighted by Crippen LogP contribution is 2.48. The highest BCUT2D eigenvalue weighted by molar-refractivity contribution is 9.10. The van der Waals surface area contributed by atoms with Gasteiger partial charge in [0.1, 0.15) is 0 Å². The molecule has 0 bridgehead atoms. The highest BCUT2D eigenvalue weighted by Gasteiger charge is 2.47. The summed E-state index contributed by atoms with van der Waals surface area (Å²) in [6.45, 7) is 8.07. The fraction of sp³-hybridized carbons (Fsp3) is 0.438. The topological polar surface area (TPSA) is 74.8 Å². The second-order valence-corrected chi connectivity index (χ2v) is 12.4. The van der Waals surface area contributed by atoms with Gasteiger partial charge in [0.25, 0.3) is 11.8 Å². The number of nitrogens with zero attached hydrogens (tertiary/aromatic N) is 2. The van der Waals surface area contributed by atoms with Gasteiger partial charge < -0.3 is 0 Å². The van der Waals surface area contributed by atoms with E-state index in [1.165, 1.54) is 9.80 Å². The van der Waals surface area contributed by atoms with Crippen LogP contribution in [0.2, 0.25) is 0 Å². The second-order valence-electron chi connectivity index (χ2n) is 10.5. The van der Waals surface area contributed by atoms with E-state index >= 15 is 0 Å². The van der Waals surface area contributed by atoms with Gasteiger partial charge in [0, 0.05) is 31.9 Å². The number of amides is 4. The van der Waals surface area contributed by atoms with Gasteiger partial charge in [-0.25, -0.2) is 9.80 Å². The molecule has 0 saturated heterocycles. The summed E-state index contributed by atoms with van der Waals surface area (Å²) in [5.41, 5.74) is 2.33. The number of hydrogen-bond donors (Lipinski definition) is 0. The van der Waals surface area contributed by atoms with Crippen molar-refractivity contribution in [3.8, 4) is 0 Å². The predicted octanol–water partition coefficient (Wildman–Crippen LogP) is 8.30. The number of carbonyl (C=O) groups excluding carboxylic acids is 4. The molecular formula is C32H36Br2N2O4. The number of hydrogen-bond acceptors (Lipinski definition) is 4. The average Bonchev–Trinajstić information content (AvgIpc) is 3.37. The molecule has 6 nitrogen and oxygen atoms in total. The van der Waals surface area contributed by atoms with Crippen LogP contribution in [0.5, 0.6) is 0 Å². The van der Waals surface area contributed by atoms with E-state index in [1.807, 2.05) is 13.8 Å². The van der Waals surface area contributed by atoms with Crippen molar-refractivity contribution < 1.29 is 19.2 Å². The number of unbranched alkanes of at least 4 members (excludes halogenated alkanes) is 2. The Hall–Kier alpha value is -2.58. The molecule has 0 radical (unpaired) electrons. The van der Waals surface area contributed by atoms with Gasteiger partial charge in [-0.3, -0.25) is 19.2 Å². The maximum Gasteiger partial charge on any atom is 0.266 e. The molecule has 2 aromatic rings. The Morgan fingerprint density at radius 2 is 1.05 bits per heavy atom. The lowest BCUT2D eigenvalue weighted by atomic mass is 9.96. The zero-order valence-corrected chi connectivity index (χ0v) is 26.7. The van der Waals surface area contributed by atoms with Crippen LogP contribution in [-0.4, -0.2) is 23.6 Å². The molecule has 0 aromatic heterocycles. The molecular weight excluding hydrogens is 636 g/mol. The van der Waals surface area contributed by atoms with Crippen LogP contribution in [0.4, 0.5) is 11.4 Å². The van der Waals surface area contributed by atoms with E-state index in [9.17, 15) is 19.2 Å². The smallest absolute Gasteiger partial charge is 0.266 e. The lowest BCUT2D eigenvalue weighted by molar-refractivity contribution is -0.128. The number of halogens is 2. The van der Waals surface area contributed by atoms with E-state index in [0.29, 0.717) is 48.2 Å². The molecule has 2 heterocycles. The molecule has 2 unspecified atom stereocenters. The van der Waals surface area contributed by atoms with Crippen molar-refractivity contribution in [2.45, 2.75) is 79.1 Å². The van der Waals surface area contributed by atoms with Crippen LogP contribution >= 0.6 is 31.9 Å². The first kappa shape index (κ1) is 30.4. The largest absolute Gasteiger partial charge is 0.274 e. The molecule has 212 valence electrons. The SMILES string of the molecule is CCCCC(CC)C(=O)N1C(=O)/C(=C2\C(=O)N(C(=O)C(CC)CCCC)c3cc(Br)ccc32)c2ccc(Br)cc21. The predicted molar refractivity (Wildman–Crippen MR) is 167 cm³/mol. The number of anilines is 2. The summed E-state index contributed by atoms with van der Waals surface area (Å²) in [5.74, 6) is -2.14. The minimum atomic E-state index is -0.516. The molecule has 2 atom stereocenters. The number of benzene rings is 2. The van der Waals surface area contributed by atoms with Crippen LogP contribution < -0.4 is 9.80 Å². The van der Waals surface area contributed by atoms with Gasteiger partial charge in [0.05, 0.1) is 22.5 Å². The summed E-state index contributed by atoms with van der Waals surface area (Å²) in [4.78, 5) is 58.5. The fourth-order valence-electron chi connectivity index (χ4n) is 5.67. The standard InChI is InChI=1S/C32H36Br2N2O4/c1-5-9-11-19(7-3)29(37)35-25-17-21(33)13-15-23(25)27(31(35)39)28-24-16-14-22(34)18-26(24)36(32(28)40)30(38)20(8-4)12-10-6-2/h13-20H,5-12H2,1-4H3/b28-27-. The molecule has 2 aromatic carbocycles. The molecule has 40 heavy (non-hydrogen) atoms. The van der Waals surface area contributed by atoms with Crippen molar-refractivity contribution in [3.05, 3.63) is 56.5 Å². The van der Waals surface area contributed by atoms with Crippen molar-refractivity contribution in [1.82, 2.24) is 0 Å². The number of rotatable bonds is 10. The van der Waals surface area contributed by atoms with Crippen molar-refractivity contribution in [3.63, 3.8) is 0 Å². The first-order valence-corrected chi connectivity index (χ1v) is 15.9. The fourth-order valence-corrected chi connectivity index (χ4v) is 6.36. The Morgan fingerprint density at radius 3 is 1.38 bits per heavy atom. The van der Waals surface area contributed by atoms with Crippen LogP contribution in [0.15, 0.2) is 45.3 Å². The Kier molecular flexibility index (Phi) is 9.83. The van der Waals surface area contributed by atoms with Crippen molar-refractivity contribution in [1.29, 1.82) is 0 Å². The number of carbonyl (C=O) groups is 4. The first-order valence-electron chi connectivity index (χ1n) is 14.3. The third kappa shape index (κ3) is 5.49. The highest BCUT2D eigenvalue weighted by atomic mass is 79.9. The van der Waals surface area contributed by atoms with Gasteiger partial charge in [0.15, 0.2) is 0 Å². The zero-order valence-electron chi connectivity index (χ0n) is 23.6. The number of fused-ring (bicyclic) bond motifs is 2. The lowest BCUT2D eigenvalue weighted by Crippen LogP contribution is -2.39. The molecule has 4 amide bonds. The van der Waals surface area contributed by atoms with Crippen LogP contribution in [0.3, 0.4) is 0 Å². The van der Waals surface area contributed by atoms with E-state index < -0.39 is 11.8 Å². The van der Waals surface area contributed by atoms with E-state index in [4.69, 9.17) is 0 Å². The van der Waals surface area contributed by atoms with Gasteiger partial charge in [-0.2, -0.15) is 0 Å². The van der Waals surface area contributed by atoms with E-state index in [0.717, 1.165) is 34.6 Å². The summed E-state index contributed by atoms with van der Waals surface area (Å²) < 4.78 is 1.45. The van der Waals surface area contributed by atoms with Gasteiger partial charge >= 0.3 is 0 Å². The zero-order chi connectivity index (χ0) is 29.1. The third-order valence-corrected chi connectivity index (χ3v) is 8.95. The molecule has 0 fully saturated rings. The van der Waals surface area contributed by atoms with Crippen LogP contribution in [-0.2, 0) is 19.2 Å². The molecule has 0 aliphatic carbocycles. The second kappa shape index (κ2) is 12.9. The maximum atomic E-state index is 14.2. The Bertz CT molecular complexity index is 1280. The minimum Gasteiger partial charge on any atom is -0.274 e. The quantitative estimate of drug-likeness (QED) is 0.238. The Labute approximate surface area is 253 Å². The van der Waals surface area contributed by atoms with E-state index in [2.05, 4.69) is 45.7 Å². The van der Waals surface area contributed by atoms with Crippen molar-refractivity contribution >= 4 is 78.0 Å². The molecule has 0 saturated carbocycles. The first-order chi connectivity index (χ1) is 19.2. The molecule has 2 aliphatic rings. The Balaban J connectivity index is 1.89. The summed E-state index contributed by atoms with van der Waals surface area (Å²) in [5, 5.41) is 0. The lowest BCUT2D eigenvalue weighted by Gasteiger charge is -2.22. The maximum absolute atomic E-state index is 14.2. The molecule has 8 heteroatoms. The number of imide groups is 2. The van der Waals surface area contributed by atoms with Crippen LogP contribution in [0, 0.1) is 11.8 Å². The summed E-state index contributed by atoms with van der Waals surface area (Å²) in [7, 11) is 0. The van der Waals surface area contributed by atoms with Gasteiger partial charge in [-0.15, -0.1) is 0 Å². The van der Waals surface area contributed by atoms with Gasteiger partial charge in [0.2, 0.25) is 11.8 Å². The van der Waals surface area contributed by atoms with Gasteiger partial charge in [-0.1, -0.05) is 97.4 Å². The summed E-state index contributed by atoms with van der Waals surface area (Å²) in [6.07, 6.45) is 6.31. The molecule has 4 rings (SSSR count). The average molecular weight is 672 g/mol. The van der Waals surface area contributed by atoms with Crippen LogP contribution in [0.25, 0.3) is 11.1 Å². The van der Waals surface area contributed by atoms with Crippen molar-refractivity contribution in [2.75, 3.05) is 9.80 Å². The normalized spacial score (nSPS) is 17.8. The van der Waals surface area contributed by atoms with Crippen molar-refractivity contribution in [2.24, 2.45) is 11.8 Å². The Morgan fingerprint density at radius 1 is 0.675 bits per heavy atom. The third-order valence-electron chi connectivity index (χ3n) is 7.96. The summed E-state index contributed by atoms with van der Waals surface area (Å²) >= 11 is 6.98. The molecule has 2 aliphatic heterocycles. The van der Waals surface area contributed by atoms with E-state index in [1.54, 1.807) is 36.4 Å². The van der Waals surface area contributed by atoms with Crippen LogP contribution in [0.1, 0.15) is 90.2 Å².